The van der Waals surface area contributed by atoms with Gasteiger partial charge in [-0.25, -0.2) is 14.4 Å². The van der Waals surface area contributed by atoms with Gasteiger partial charge in [0.25, 0.3) is 0 Å². The number of nitrogens with two attached hydrogens (primary N) is 1. The Morgan fingerprint density at radius 2 is 2.12 bits per heavy atom. The molecule has 0 aliphatic carbocycles. The number of likely N-dealkylation sites (N-methyl/N-ethyl adjacent to an activating group) is 1. The fraction of sp³-hybridized carbons (Fsp3) is 0.389. The molecule has 0 saturated carbocycles. The number of alkyl halides is 1. The number of carbonyl (C=O) groups is 1. The fourth-order valence-electron chi connectivity index (χ4n) is 2.90. The molecule has 25 heavy (non-hydrogen) atoms. The van der Waals surface area contributed by atoms with E-state index in [4.69, 9.17) is 5.73 Å². The summed E-state index contributed by atoms with van der Waals surface area (Å²) in [5.74, 6) is 0.461. The Balaban J connectivity index is 1.73. The molecule has 0 unspecified atom stereocenters. The van der Waals surface area contributed by atoms with Crippen molar-refractivity contribution in [2.24, 2.45) is 5.73 Å². The number of hydrogen-bond acceptors (Lipinski definition) is 5. The molecule has 6 nitrogen and oxygen atoms in total. The van der Waals surface area contributed by atoms with E-state index in [0.717, 1.165) is 16.7 Å². The molecule has 2 N–H and O–H groups in total. The van der Waals surface area contributed by atoms with Crippen molar-refractivity contribution in [1.29, 1.82) is 0 Å². The first kappa shape index (κ1) is 17.3. The van der Waals surface area contributed by atoms with Crippen LogP contribution in [0.1, 0.15) is 12.0 Å². The van der Waals surface area contributed by atoms with Crippen LogP contribution in [0.15, 0.2) is 36.7 Å². The number of benzene rings is 1. The third-order valence-corrected chi connectivity index (χ3v) is 4.33. The second-order valence-corrected chi connectivity index (χ2v) is 6.26. The Labute approximate surface area is 146 Å². The predicted molar refractivity (Wildman–Crippen MR) is 94.7 cm³/mol. The standard InChI is InChI=1S/C18H22FN5O/c1-23(17(25)8-20)11-13-3-2-4-14(7-13)15-9-21-18(22-10-15)24-6-5-16(19)12-24/h2-4,7,9-10,16H,5-6,8,11-12,20H2,1H3/t16-/m1/s1. The van der Waals surface area contributed by atoms with Crippen LogP contribution >= 0.6 is 0 Å². The van der Waals surface area contributed by atoms with Crippen molar-refractivity contribution < 1.29 is 9.18 Å². The number of nitrogens with zero attached hydrogens (tertiary/aromatic N) is 4. The summed E-state index contributed by atoms with van der Waals surface area (Å²) in [5.41, 5.74) is 8.25. The largest absolute Gasteiger partial charge is 0.340 e. The van der Waals surface area contributed by atoms with Gasteiger partial charge >= 0.3 is 0 Å². The number of rotatable bonds is 5. The van der Waals surface area contributed by atoms with Crippen LogP contribution in [-0.4, -0.2) is 53.6 Å². The van der Waals surface area contributed by atoms with Crippen LogP contribution in [0.3, 0.4) is 0 Å². The molecule has 1 amide bonds. The molecule has 1 aromatic carbocycles. The van der Waals surface area contributed by atoms with E-state index >= 15 is 0 Å². The topological polar surface area (TPSA) is 75.4 Å². The first-order chi connectivity index (χ1) is 12.1. The van der Waals surface area contributed by atoms with E-state index in [0.29, 0.717) is 32.0 Å². The zero-order chi connectivity index (χ0) is 17.8. The van der Waals surface area contributed by atoms with Crippen molar-refractivity contribution in [2.45, 2.75) is 19.1 Å². The van der Waals surface area contributed by atoms with Gasteiger partial charge in [-0.3, -0.25) is 4.79 Å². The quantitative estimate of drug-likeness (QED) is 0.893. The molecule has 0 spiro atoms. The van der Waals surface area contributed by atoms with Crippen LogP contribution in [-0.2, 0) is 11.3 Å². The lowest BCUT2D eigenvalue weighted by molar-refractivity contribution is -0.128. The van der Waals surface area contributed by atoms with Gasteiger partial charge in [-0.1, -0.05) is 18.2 Å². The second-order valence-electron chi connectivity index (χ2n) is 6.26. The Hall–Kier alpha value is -2.54. The van der Waals surface area contributed by atoms with Crippen LogP contribution in [0.2, 0.25) is 0 Å². The van der Waals surface area contributed by atoms with Crippen LogP contribution in [0.5, 0.6) is 0 Å². The number of aromatic nitrogens is 2. The molecule has 2 heterocycles. The Morgan fingerprint density at radius 1 is 1.36 bits per heavy atom. The van der Waals surface area contributed by atoms with Gasteiger partial charge in [0.1, 0.15) is 6.17 Å². The van der Waals surface area contributed by atoms with E-state index in [2.05, 4.69) is 9.97 Å². The summed E-state index contributed by atoms with van der Waals surface area (Å²) in [7, 11) is 1.73. The Kier molecular flexibility index (Phi) is 5.23. The summed E-state index contributed by atoms with van der Waals surface area (Å²) in [6.07, 6.45) is 3.24. The van der Waals surface area contributed by atoms with Gasteiger partial charge in [0.15, 0.2) is 0 Å². The van der Waals surface area contributed by atoms with Crippen molar-refractivity contribution in [3.05, 3.63) is 42.2 Å². The monoisotopic (exact) mass is 343 g/mol. The molecule has 7 heteroatoms. The van der Waals surface area contributed by atoms with E-state index in [-0.39, 0.29) is 12.5 Å². The van der Waals surface area contributed by atoms with E-state index in [1.165, 1.54) is 0 Å². The maximum absolute atomic E-state index is 13.3. The molecule has 2 aromatic rings. The first-order valence-corrected chi connectivity index (χ1v) is 8.31. The lowest BCUT2D eigenvalue weighted by Gasteiger charge is -2.17. The predicted octanol–water partition coefficient (Wildman–Crippen LogP) is 1.61. The van der Waals surface area contributed by atoms with E-state index in [1.54, 1.807) is 24.3 Å². The molecule has 3 rings (SSSR count). The molecule has 1 saturated heterocycles. The third kappa shape index (κ3) is 4.11. The minimum absolute atomic E-state index is 0.00172. The number of amides is 1. The minimum Gasteiger partial charge on any atom is -0.340 e. The molecule has 132 valence electrons. The van der Waals surface area contributed by atoms with Crippen LogP contribution in [0, 0.1) is 0 Å². The maximum atomic E-state index is 13.3. The van der Waals surface area contributed by atoms with E-state index in [9.17, 15) is 9.18 Å². The van der Waals surface area contributed by atoms with Crippen LogP contribution < -0.4 is 10.6 Å². The highest BCUT2D eigenvalue weighted by Crippen LogP contribution is 2.23. The van der Waals surface area contributed by atoms with E-state index < -0.39 is 6.17 Å². The van der Waals surface area contributed by atoms with Crippen molar-refractivity contribution in [1.82, 2.24) is 14.9 Å². The van der Waals surface area contributed by atoms with Gasteiger partial charge in [-0.15, -0.1) is 0 Å². The van der Waals surface area contributed by atoms with E-state index in [1.807, 2.05) is 29.2 Å². The lowest BCUT2D eigenvalue weighted by atomic mass is 10.1. The Bertz CT molecular complexity index is 737. The first-order valence-electron chi connectivity index (χ1n) is 8.31. The molecule has 1 aromatic heterocycles. The highest BCUT2D eigenvalue weighted by Gasteiger charge is 2.23. The van der Waals surface area contributed by atoms with Crippen LogP contribution in [0.25, 0.3) is 11.1 Å². The van der Waals surface area contributed by atoms with Gasteiger partial charge in [-0.2, -0.15) is 0 Å². The summed E-state index contributed by atoms with van der Waals surface area (Å²) in [6.45, 7) is 1.50. The third-order valence-electron chi connectivity index (χ3n) is 4.33. The smallest absolute Gasteiger partial charge is 0.236 e. The molecular weight excluding hydrogens is 321 g/mol. The normalized spacial score (nSPS) is 16.9. The fourth-order valence-corrected chi connectivity index (χ4v) is 2.90. The highest BCUT2D eigenvalue weighted by molar-refractivity contribution is 5.77. The summed E-state index contributed by atoms with van der Waals surface area (Å²) in [4.78, 5) is 23.8. The summed E-state index contributed by atoms with van der Waals surface area (Å²) < 4.78 is 13.3. The second kappa shape index (κ2) is 7.57. The minimum atomic E-state index is -0.798. The molecule has 0 bridgehead atoms. The lowest BCUT2D eigenvalue weighted by Crippen LogP contribution is -2.32. The number of carbonyl (C=O) groups excluding carboxylic acids is 1. The van der Waals surface area contributed by atoms with Gasteiger partial charge < -0.3 is 15.5 Å². The summed E-state index contributed by atoms with van der Waals surface area (Å²) in [5, 5.41) is 0. The van der Waals surface area contributed by atoms with Crippen molar-refractivity contribution in [2.75, 3.05) is 31.6 Å². The zero-order valence-electron chi connectivity index (χ0n) is 14.2. The average molecular weight is 343 g/mol. The van der Waals surface area contributed by atoms with Crippen molar-refractivity contribution in [3.8, 4) is 11.1 Å². The molecule has 1 aliphatic rings. The highest BCUT2D eigenvalue weighted by atomic mass is 19.1. The summed E-state index contributed by atoms with van der Waals surface area (Å²) >= 11 is 0. The molecule has 0 radical (unpaired) electrons. The molecule has 1 atom stereocenters. The number of anilines is 1. The molecule has 1 aliphatic heterocycles. The zero-order valence-corrected chi connectivity index (χ0v) is 14.2. The average Bonchev–Trinajstić information content (AvgIpc) is 3.07. The van der Waals surface area contributed by atoms with Crippen molar-refractivity contribution >= 4 is 11.9 Å². The molecule has 1 fully saturated rings. The molecular formula is C18H22FN5O. The maximum Gasteiger partial charge on any atom is 0.236 e. The van der Waals surface area contributed by atoms with Gasteiger partial charge in [0.2, 0.25) is 11.9 Å². The SMILES string of the molecule is CN(Cc1cccc(-c2cnc(N3CC[C@@H](F)C3)nc2)c1)C(=O)CN. The summed E-state index contributed by atoms with van der Waals surface area (Å²) in [6, 6.07) is 7.88. The Morgan fingerprint density at radius 3 is 2.76 bits per heavy atom. The van der Waals surface area contributed by atoms with Crippen LogP contribution in [0.4, 0.5) is 10.3 Å². The van der Waals surface area contributed by atoms with Gasteiger partial charge in [0.05, 0.1) is 13.1 Å². The number of halogens is 1. The number of hydrogen-bond donors (Lipinski definition) is 1. The van der Waals surface area contributed by atoms with Gasteiger partial charge in [0, 0.05) is 38.1 Å². The van der Waals surface area contributed by atoms with Crippen molar-refractivity contribution in [3.63, 3.8) is 0 Å². The van der Waals surface area contributed by atoms with Gasteiger partial charge in [-0.05, 0) is 23.6 Å².